The molecule has 3 atom stereocenters. The first-order valence-corrected chi connectivity index (χ1v) is 10.1. The topological polar surface area (TPSA) is 83.0 Å². The standard InChI is InChI=1S/C16H31N3O3S.HI/c1-3-17-15(18-9-16(10-20)11-22-12-16)19-13-6-5-7-14(8-13)23(21)4-2;/h13-14,20H,3-12H2,1-2H3,(H2,17,18,19);1H. The number of halogens is 1. The Labute approximate surface area is 165 Å². The zero-order valence-corrected chi connectivity index (χ0v) is 17.9. The smallest absolute Gasteiger partial charge is 0.191 e. The van der Waals surface area contributed by atoms with Gasteiger partial charge in [-0.3, -0.25) is 9.20 Å². The van der Waals surface area contributed by atoms with Gasteiger partial charge in [0.15, 0.2) is 5.96 Å². The van der Waals surface area contributed by atoms with E-state index >= 15 is 0 Å². The summed E-state index contributed by atoms with van der Waals surface area (Å²) in [7, 11) is -0.714. The highest BCUT2D eigenvalue weighted by molar-refractivity contribution is 14.0. The number of hydrogen-bond acceptors (Lipinski definition) is 4. The largest absolute Gasteiger partial charge is 0.396 e. The average molecular weight is 473 g/mol. The van der Waals surface area contributed by atoms with Crippen LogP contribution in [0.4, 0.5) is 0 Å². The van der Waals surface area contributed by atoms with Gasteiger partial charge in [0.2, 0.25) is 0 Å². The highest BCUT2D eigenvalue weighted by atomic mass is 127. The van der Waals surface area contributed by atoms with E-state index in [0.717, 1.165) is 43.9 Å². The van der Waals surface area contributed by atoms with E-state index < -0.39 is 10.8 Å². The van der Waals surface area contributed by atoms with Crippen molar-refractivity contribution < 1.29 is 14.1 Å². The Bertz CT molecular complexity index is 427. The maximum Gasteiger partial charge on any atom is 0.191 e. The van der Waals surface area contributed by atoms with Gasteiger partial charge in [0, 0.05) is 34.4 Å². The van der Waals surface area contributed by atoms with Gasteiger partial charge in [0.05, 0.1) is 31.8 Å². The summed E-state index contributed by atoms with van der Waals surface area (Å²) in [5.74, 6) is 1.53. The maximum atomic E-state index is 12.1. The molecule has 0 radical (unpaired) electrons. The molecule has 0 aromatic rings. The number of aliphatic hydroxyl groups is 1. The van der Waals surface area contributed by atoms with Gasteiger partial charge in [0.25, 0.3) is 0 Å². The fraction of sp³-hybridized carbons (Fsp3) is 0.938. The van der Waals surface area contributed by atoms with Crippen molar-refractivity contribution in [3.05, 3.63) is 0 Å². The summed E-state index contributed by atoms with van der Waals surface area (Å²) >= 11 is 0. The molecule has 3 N–H and O–H groups in total. The van der Waals surface area contributed by atoms with E-state index in [9.17, 15) is 9.32 Å². The van der Waals surface area contributed by atoms with Crippen molar-refractivity contribution in [2.24, 2.45) is 10.4 Å². The van der Waals surface area contributed by atoms with Gasteiger partial charge < -0.3 is 20.5 Å². The van der Waals surface area contributed by atoms with Crippen molar-refractivity contribution in [2.45, 2.75) is 50.8 Å². The second kappa shape index (κ2) is 10.9. The molecule has 0 bridgehead atoms. The predicted octanol–water partition coefficient (Wildman–Crippen LogP) is 1.25. The van der Waals surface area contributed by atoms with Crippen molar-refractivity contribution in [3.8, 4) is 0 Å². The Morgan fingerprint density at radius 3 is 2.67 bits per heavy atom. The average Bonchev–Trinajstić information content (AvgIpc) is 2.54. The Morgan fingerprint density at radius 1 is 1.38 bits per heavy atom. The minimum absolute atomic E-state index is 0. The summed E-state index contributed by atoms with van der Waals surface area (Å²) in [6.07, 6.45) is 4.22. The highest BCUT2D eigenvalue weighted by Crippen LogP contribution is 2.27. The van der Waals surface area contributed by atoms with Crippen LogP contribution in [0.15, 0.2) is 4.99 Å². The fourth-order valence-electron chi connectivity index (χ4n) is 3.13. The molecule has 1 aliphatic carbocycles. The Hall–Kier alpha value is 0.0700. The third-order valence-electron chi connectivity index (χ3n) is 4.69. The van der Waals surface area contributed by atoms with Gasteiger partial charge in [-0.05, 0) is 26.2 Å². The number of aliphatic hydroxyl groups excluding tert-OH is 1. The SMILES string of the molecule is CCNC(=NCC1(CO)COC1)NC1CCCC(S(=O)CC)C1.I. The Kier molecular flexibility index (Phi) is 10.1. The number of guanidine groups is 1. The zero-order chi connectivity index (χ0) is 16.7. The molecule has 6 nitrogen and oxygen atoms in total. The molecule has 0 aromatic carbocycles. The van der Waals surface area contributed by atoms with E-state index in [0.29, 0.717) is 31.1 Å². The van der Waals surface area contributed by atoms with Crippen molar-refractivity contribution in [3.63, 3.8) is 0 Å². The van der Waals surface area contributed by atoms with Crippen molar-refractivity contribution in [1.29, 1.82) is 0 Å². The molecule has 1 aliphatic heterocycles. The Balaban J connectivity index is 0.00000288. The first-order chi connectivity index (χ1) is 11.1. The second-order valence-corrected chi connectivity index (χ2v) is 8.65. The minimum Gasteiger partial charge on any atom is -0.396 e. The fourth-order valence-corrected chi connectivity index (χ4v) is 4.48. The summed E-state index contributed by atoms with van der Waals surface area (Å²) < 4.78 is 17.3. The molecule has 0 spiro atoms. The van der Waals surface area contributed by atoms with Gasteiger partial charge in [-0.15, -0.1) is 24.0 Å². The van der Waals surface area contributed by atoms with Gasteiger partial charge in [0.1, 0.15) is 0 Å². The van der Waals surface area contributed by atoms with Crippen LogP contribution >= 0.6 is 24.0 Å². The summed E-state index contributed by atoms with van der Waals surface area (Å²) in [5, 5.41) is 16.6. The van der Waals surface area contributed by atoms with Gasteiger partial charge in [-0.25, -0.2) is 0 Å². The molecular formula is C16H32IN3O3S. The quantitative estimate of drug-likeness (QED) is 0.295. The molecule has 3 unspecified atom stereocenters. The second-order valence-electron chi connectivity index (χ2n) is 6.65. The lowest BCUT2D eigenvalue weighted by atomic mass is 9.87. The number of aliphatic imine (C=N–C) groups is 1. The van der Waals surface area contributed by atoms with Crippen molar-refractivity contribution >= 4 is 40.7 Å². The summed E-state index contributed by atoms with van der Waals surface area (Å²) in [6, 6.07) is 0.324. The summed E-state index contributed by atoms with van der Waals surface area (Å²) in [4.78, 5) is 4.64. The molecule has 0 amide bonds. The normalized spacial score (nSPS) is 27.5. The third kappa shape index (κ3) is 6.10. The van der Waals surface area contributed by atoms with Crippen molar-refractivity contribution in [1.82, 2.24) is 10.6 Å². The van der Waals surface area contributed by atoms with Crippen LogP contribution in [0, 0.1) is 5.41 Å². The van der Waals surface area contributed by atoms with Gasteiger partial charge in [-0.2, -0.15) is 0 Å². The van der Waals surface area contributed by atoms with E-state index in [4.69, 9.17) is 4.74 Å². The van der Waals surface area contributed by atoms with Gasteiger partial charge >= 0.3 is 0 Å². The molecule has 2 aliphatic rings. The van der Waals surface area contributed by atoms with Crippen LogP contribution in [-0.2, 0) is 15.5 Å². The Morgan fingerprint density at radius 2 is 2.12 bits per heavy atom. The zero-order valence-electron chi connectivity index (χ0n) is 14.8. The van der Waals surface area contributed by atoms with Crippen LogP contribution in [-0.4, -0.2) is 65.2 Å². The predicted molar refractivity (Wildman–Crippen MR) is 110 cm³/mol. The van der Waals surface area contributed by atoms with E-state index in [1.165, 1.54) is 0 Å². The van der Waals surface area contributed by atoms with Crippen LogP contribution in [0.3, 0.4) is 0 Å². The van der Waals surface area contributed by atoms with E-state index in [-0.39, 0.29) is 36.0 Å². The highest BCUT2D eigenvalue weighted by Gasteiger charge is 2.38. The molecule has 142 valence electrons. The van der Waals surface area contributed by atoms with Crippen LogP contribution < -0.4 is 10.6 Å². The third-order valence-corrected chi connectivity index (χ3v) is 6.43. The summed E-state index contributed by atoms with van der Waals surface area (Å²) in [6.45, 7) is 6.66. The number of nitrogens with one attached hydrogen (secondary N) is 2. The molecule has 0 aromatic heterocycles. The lowest BCUT2D eigenvalue weighted by Crippen LogP contribution is -2.50. The lowest BCUT2D eigenvalue weighted by Gasteiger charge is -2.38. The number of hydrogen-bond donors (Lipinski definition) is 3. The van der Waals surface area contributed by atoms with Crippen LogP contribution in [0.25, 0.3) is 0 Å². The van der Waals surface area contributed by atoms with Gasteiger partial charge in [-0.1, -0.05) is 13.3 Å². The van der Waals surface area contributed by atoms with Crippen LogP contribution in [0.1, 0.15) is 39.5 Å². The molecule has 2 rings (SSSR count). The van der Waals surface area contributed by atoms with E-state index in [1.807, 2.05) is 13.8 Å². The monoisotopic (exact) mass is 473 g/mol. The molecule has 1 saturated heterocycles. The first kappa shape index (κ1) is 22.1. The first-order valence-electron chi connectivity index (χ1n) is 8.73. The van der Waals surface area contributed by atoms with E-state index in [1.54, 1.807) is 0 Å². The molecule has 1 heterocycles. The number of ether oxygens (including phenoxy) is 1. The van der Waals surface area contributed by atoms with Crippen LogP contribution in [0.2, 0.25) is 0 Å². The molecular weight excluding hydrogens is 441 g/mol. The molecule has 8 heteroatoms. The maximum absolute atomic E-state index is 12.1. The summed E-state index contributed by atoms with van der Waals surface area (Å²) in [5.41, 5.74) is -0.207. The lowest BCUT2D eigenvalue weighted by molar-refractivity contribution is -0.130. The van der Waals surface area contributed by atoms with Crippen LogP contribution in [0.5, 0.6) is 0 Å². The molecule has 1 saturated carbocycles. The molecule has 2 fully saturated rings. The van der Waals surface area contributed by atoms with Crippen molar-refractivity contribution in [2.75, 3.05) is 38.7 Å². The molecule has 24 heavy (non-hydrogen) atoms. The minimum atomic E-state index is -0.714. The number of nitrogens with zero attached hydrogens (tertiary/aromatic N) is 1. The van der Waals surface area contributed by atoms with E-state index in [2.05, 4.69) is 15.6 Å². The number of rotatable bonds is 7.